The number of nitrogens with one attached hydrogen (secondary N) is 1. The first-order chi connectivity index (χ1) is 12.3. The maximum atomic E-state index is 12.0. The van der Waals surface area contributed by atoms with Crippen LogP contribution in [-0.2, 0) is 9.53 Å². The molecule has 2 aliphatic heterocycles. The monoisotopic (exact) mass is 337 g/mol. The first kappa shape index (κ1) is 15.7. The van der Waals surface area contributed by atoms with Gasteiger partial charge in [-0.2, -0.15) is 0 Å². The first-order valence-electron chi connectivity index (χ1n) is 8.38. The Kier molecular flexibility index (Phi) is 4.39. The summed E-state index contributed by atoms with van der Waals surface area (Å²) in [5.74, 6) is 1.49. The summed E-state index contributed by atoms with van der Waals surface area (Å²) in [6, 6.07) is 13.6. The molecule has 2 aromatic rings. The van der Waals surface area contributed by atoms with Crippen molar-refractivity contribution in [3.8, 4) is 11.5 Å². The van der Waals surface area contributed by atoms with E-state index in [9.17, 15) is 4.79 Å². The van der Waals surface area contributed by atoms with E-state index in [4.69, 9.17) is 14.2 Å². The summed E-state index contributed by atoms with van der Waals surface area (Å²) in [7, 11) is 0. The van der Waals surface area contributed by atoms with Crippen LogP contribution in [0.25, 0.3) is 12.2 Å². The predicted octanol–water partition coefficient (Wildman–Crippen LogP) is 3.70. The fourth-order valence-corrected chi connectivity index (χ4v) is 2.89. The van der Waals surface area contributed by atoms with E-state index in [2.05, 4.69) is 5.32 Å². The van der Waals surface area contributed by atoms with Gasteiger partial charge in [0.25, 0.3) is 5.91 Å². The average Bonchev–Trinajstić information content (AvgIpc) is 3.32. The summed E-state index contributed by atoms with van der Waals surface area (Å²) in [6.45, 7) is 0.948. The van der Waals surface area contributed by atoms with Crippen LogP contribution in [0.2, 0.25) is 0 Å². The Balaban J connectivity index is 1.39. The summed E-state index contributed by atoms with van der Waals surface area (Å²) < 4.78 is 16.1. The van der Waals surface area contributed by atoms with Crippen LogP contribution >= 0.6 is 0 Å². The van der Waals surface area contributed by atoms with Gasteiger partial charge in [0.05, 0.1) is 0 Å². The van der Waals surface area contributed by atoms with Crippen LogP contribution in [0.4, 0.5) is 5.69 Å². The van der Waals surface area contributed by atoms with E-state index in [0.29, 0.717) is 6.61 Å². The fraction of sp³-hybridized carbons (Fsp3) is 0.250. The number of rotatable bonds is 4. The second-order valence-electron chi connectivity index (χ2n) is 6.06. The molecule has 128 valence electrons. The second kappa shape index (κ2) is 6.99. The van der Waals surface area contributed by atoms with Gasteiger partial charge < -0.3 is 19.5 Å². The molecule has 2 aromatic carbocycles. The number of anilines is 1. The molecular weight excluding hydrogens is 318 g/mol. The van der Waals surface area contributed by atoms with Crippen LogP contribution in [0.5, 0.6) is 11.5 Å². The molecule has 0 spiro atoms. The van der Waals surface area contributed by atoms with Gasteiger partial charge in [0.15, 0.2) is 11.5 Å². The quantitative estimate of drug-likeness (QED) is 0.864. The molecule has 1 fully saturated rings. The molecule has 1 unspecified atom stereocenters. The predicted molar refractivity (Wildman–Crippen MR) is 95.5 cm³/mol. The molecule has 1 saturated heterocycles. The molecule has 1 amide bonds. The topological polar surface area (TPSA) is 56.8 Å². The molecule has 25 heavy (non-hydrogen) atoms. The Hall–Kier alpha value is -2.79. The highest BCUT2D eigenvalue weighted by atomic mass is 16.7. The van der Waals surface area contributed by atoms with Gasteiger partial charge in [-0.1, -0.05) is 30.4 Å². The molecule has 4 rings (SSSR count). The number of hydrogen-bond donors (Lipinski definition) is 1. The third-order valence-electron chi connectivity index (χ3n) is 4.27. The molecule has 0 radical (unpaired) electrons. The smallest absolute Gasteiger partial charge is 0.253 e. The average molecular weight is 337 g/mol. The maximum absolute atomic E-state index is 12.0. The van der Waals surface area contributed by atoms with Gasteiger partial charge in [-0.05, 0) is 48.2 Å². The largest absolute Gasteiger partial charge is 0.454 e. The number of carbonyl (C=O) groups is 1. The number of ether oxygens (including phenoxy) is 3. The lowest BCUT2D eigenvalue weighted by Crippen LogP contribution is -2.26. The Morgan fingerprint density at radius 3 is 2.56 bits per heavy atom. The zero-order valence-corrected chi connectivity index (χ0v) is 13.7. The van der Waals surface area contributed by atoms with Gasteiger partial charge in [0.2, 0.25) is 6.79 Å². The summed E-state index contributed by atoms with van der Waals surface area (Å²) in [6.07, 6.45) is 5.46. The Morgan fingerprint density at radius 2 is 1.76 bits per heavy atom. The number of amides is 1. The van der Waals surface area contributed by atoms with E-state index in [1.54, 1.807) is 0 Å². The van der Waals surface area contributed by atoms with Crippen LogP contribution in [0.3, 0.4) is 0 Å². The van der Waals surface area contributed by atoms with Crippen LogP contribution in [0.1, 0.15) is 24.0 Å². The molecule has 2 heterocycles. The Morgan fingerprint density at radius 1 is 1.00 bits per heavy atom. The minimum Gasteiger partial charge on any atom is -0.454 e. The van der Waals surface area contributed by atoms with Crippen molar-refractivity contribution in [3.05, 3.63) is 53.6 Å². The molecule has 0 aromatic heterocycles. The molecule has 0 bridgehead atoms. The van der Waals surface area contributed by atoms with Crippen molar-refractivity contribution < 1.29 is 19.0 Å². The van der Waals surface area contributed by atoms with Gasteiger partial charge in [0, 0.05) is 12.3 Å². The van der Waals surface area contributed by atoms with Crippen LogP contribution in [0.15, 0.2) is 42.5 Å². The zero-order valence-electron chi connectivity index (χ0n) is 13.7. The van der Waals surface area contributed by atoms with E-state index in [1.165, 1.54) is 0 Å². The van der Waals surface area contributed by atoms with E-state index >= 15 is 0 Å². The van der Waals surface area contributed by atoms with Crippen molar-refractivity contribution in [2.24, 2.45) is 0 Å². The van der Waals surface area contributed by atoms with Crippen molar-refractivity contribution in [3.63, 3.8) is 0 Å². The lowest BCUT2D eigenvalue weighted by Gasteiger charge is -2.10. The van der Waals surface area contributed by atoms with E-state index < -0.39 is 0 Å². The lowest BCUT2D eigenvalue weighted by molar-refractivity contribution is -0.124. The SMILES string of the molecule is O=C(Nc1ccc(/C=C/c2ccc3c(c2)OCO3)cc1)C1CCCO1. The standard InChI is InChI=1S/C20H19NO4/c22-20(18-2-1-11-23-18)21-16-8-5-14(6-9-16)3-4-15-7-10-17-19(12-15)25-13-24-17/h3-10,12,18H,1-2,11,13H2,(H,21,22)/b4-3+. The zero-order chi connectivity index (χ0) is 17.1. The van der Waals surface area contributed by atoms with Crippen LogP contribution in [0, 0.1) is 0 Å². The van der Waals surface area contributed by atoms with Gasteiger partial charge in [-0.15, -0.1) is 0 Å². The van der Waals surface area contributed by atoms with Crippen molar-refractivity contribution in [2.75, 3.05) is 18.7 Å². The molecule has 0 saturated carbocycles. The van der Waals surface area contributed by atoms with Crippen LogP contribution < -0.4 is 14.8 Å². The van der Waals surface area contributed by atoms with Gasteiger partial charge in [0.1, 0.15) is 6.10 Å². The second-order valence-corrected chi connectivity index (χ2v) is 6.06. The maximum Gasteiger partial charge on any atom is 0.253 e. The molecule has 2 aliphatic rings. The van der Waals surface area contributed by atoms with Crippen molar-refractivity contribution in [1.82, 2.24) is 0 Å². The summed E-state index contributed by atoms with van der Waals surface area (Å²) in [5, 5.41) is 2.89. The van der Waals surface area contributed by atoms with Gasteiger partial charge in [-0.3, -0.25) is 4.79 Å². The Bertz CT molecular complexity index is 792. The molecular formula is C20H19NO4. The van der Waals surface area contributed by atoms with Gasteiger partial charge >= 0.3 is 0 Å². The number of hydrogen-bond acceptors (Lipinski definition) is 4. The molecule has 5 nitrogen and oxygen atoms in total. The van der Waals surface area contributed by atoms with Crippen molar-refractivity contribution in [1.29, 1.82) is 0 Å². The van der Waals surface area contributed by atoms with Crippen molar-refractivity contribution in [2.45, 2.75) is 18.9 Å². The molecule has 0 aliphatic carbocycles. The molecule has 1 atom stereocenters. The molecule has 1 N–H and O–H groups in total. The number of carbonyl (C=O) groups excluding carboxylic acids is 1. The van der Waals surface area contributed by atoms with Crippen LogP contribution in [-0.4, -0.2) is 25.4 Å². The third kappa shape index (κ3) is 3.67. The van der Waals surface area contributed by atoms with E-state index in [1.807, 2.05) is 54.6 Å². The summed E-state index contributed by atoms with van der Waals surface area (Å²) in [5.41, 5.74) is 2.87. The normalized spacial score (nSPS) is 18.6. The fourth-order valence-electron chi connectivity index (χ4n) is 2.89. The minimum atomic E-state index is -0.314. The van der Waals surface area contributed by atoms with Crippen molar-refractivity contribution >= 4 is 23.7 Å². The summed E-state index contributed by atoms with van der Waals surface area (Å²) in [4.78, 5) is 12.0. The number of benzene rings is 2. The highest BCUT2D eigenvalue weighted by Gasteiger charge is 2.23. The summed E-state index contributed by atoms with van der Waals surface area (Å²) >= 11 is 0. The Labute approximate surface area is 146 Å². The van der Waals surface area contributed by atoms with Gasteiger partial charge in [-0.25, -0.2) is 0 Å². The minimum absolute atomic E-state index is 0.0684. The number of fused-ring (bicyclic) bond motifs is 1. The first-order valence-corrected chi connectivity index (χ1v) is 8.38. The highest BCUT2D eigenvalue weighted by Crippen LogP contribution is 2.33. The lowest BCUT2D eigenvalue weighted by atomic mass is 10.1. The van der Waals surface area contributed by atoms with E-state index in [-0.39, 0.29) is 18.8 Å². The molecule has 5 heteroatoms. The highest BCUT2D eigenvalue weighted by molar-refractivity contribution is 5.94. The van der Waals surface area contributed by atoms with E-state index in [0.717, 1.165) is 41.2 Å². The third-order valence-corrected chi connectivity index (χ3v) is 4.27.